The Kier molecular flexibility index (Phi) is 4.13. The van der Waals surface area contributed by atoms with Gasteiger partial charge in [-0.2, -0.15) is 0 Å². The molecular weight excluding hydrogens is 314 g/mol. The molecule has 3 heterocycles. The second-order valence-corrected chi connectivity index (χ2v) is 6.52. The first kappa shape index (κ1) is 15.7. The Morgan fingerprint density at radius 2 is 2.16 bits per heavy atom. The van der Waals surface area contributed by atoms with Crippen LogP contribution in [0.4, 0.5) is 5.82 Å². The Balaban J connectivity index is 1.65. The number of aromatic nitrogens is 6. The van der Waals surface area contributed by atoms with Gasteiger partial charge in [-0.25, -0.2) is 9.97 Å². The van der Waals surface area contributed by atoms with Gasteiger partial charge in [0, 0.05) is 35.3 Å². The summed E-state index contributed by atoms with van der Waals surface area (Å²) in [7, 11) is 0. The topological polar surface area (TPSA) is 81.4 Å². The van der Waals surface area contributed by atoms with Crippen LogP contribution >= 0.6 is 0 Å². The quantitative estimate of drug-likeness (QED) is 0.772. The number of nitrogens with zero attached hydrogens (tertiary/aromatic N) is 6. The van der Waals surface area contributed by atoms with Crippen LogP contribution in [0.5, 0.6) is 0 Å². The molecule has 0 unspecified atom stereocenters. The van der Waals surface area contributed by atoms with Gasteiger partial charge in [-0.3, -0.25) is 4.98 Å². The lowest BCUT2D eigenvalue weighted by Crippen LogP contribution is -2.12. The van der Waals surface area contributed by atoms with Gasteiger partial charge in [-0.15, -0.1) is 10.2 Å². The molecule has 1 aliphatic carbocycles. The Hall–Kier alpha value is -2.83. The molecule has 25 heavy (non-hydrogen) atoms. The number of rotatable bonds is 5. The van der Waals surface area contributed by atoms with Gasteiger partial charge in [0.25, 0.3) is 0 Å². The van der Waals surface area contributed by atoms with Gasteiger partial charge in [0.2, 0.25) is 0 Å². The number of pyridine rings is 1. The first-order chi connectivity index (χ1) is 12.2. The molecule has 0 atom stereocenters. The van der Waals surface area contributed by atoms with Crippen molar-refractivity contribution >= 4 is 5.82 Å². The van der Waals surface area contributed by atoms with Crippen LogP contribution in [-0.2, 0) is 19.4 Å². The molecule has 3 aromatic rings. The number of hydrogen-bond acceptors (Lipinski definition) is 6. The molecule has 0 bridgehead atoms. The van der Waals surface area contributed by atoms with Gasteiger partial charge in [-0.05, 0) is 45.2 Å². The summed E-state index contributed by atoms with van der Waals surface area (Å²) < 4.78 is 2.07. The highest BCUT2D eigenvalue weighted by Gasteiger charge is 2.20. The maximum absolute atomic E-state index is 4.77. The highest BCUT2D eigenvalue weighted by molar-refractivity contribution is 5.59. The molecule has 0 aliphatic heterocycles. The minimum atomic E-state index is 0.328. The lowest BCUT2D eigenvalue weighted by Gasteiger charge is -2.14. The summed E-state index contributed by atoms with van der Waals surface area (Å²) in [6.45, 7) is 4.83. The number of fused-ring (bicyclic) bond motifs is 1. The average molecular weight is 335 g/mol. The van der Waals surface area contributed by atoms with E-state index in [0.29, 0.717) is 12.6 Å². The largest absolute Gasteiger partial charge is 0.362 e. The van der Waals surface area contributed by atoms with Crippen molar-refractivity contribution in [1.29, 1.82) is 0 Å². The summed E-state index contributed by atoms with van der Waals surface area (Å²) in [6.07, 6.45) is 8.47. The van der Waals surface area contributed by atoms with E-state index in [1.54, 1.807) is 18.7 Å². The molecular formula is C18H21N7. The van der Waals surface area contributed by atoms with Gasteiger partial charge in [0.1, 0.15) is 12.1 Å². The monoisotopic (exact) mass is 335 g/mol. The van der Waals surface area contributed by atoms with Crippen molar-refractivity contribution in [3.8, 4) is 11.4 Å². The number of nitrogens with one attached hydrogen (secondary N) is 1. The van der Waals surface area contributed by atoms with E-state index >= 15 is 0 Å². The molecule has 0 saturated carbocycles. The van der Waals surface area contributed by atoms with Gasteiger partial charge < -0.3 is 9.88 Å². The van der Waals surface area contributed by atoms with Crippen molar-refractivity contribution < 1.29 is 0 Å². The minimum Gasteiger partial charge on any atom is -0.362 e. The standard InChI is InChI=1S/C18H21N7/c1-12(2)25-11-21-24-16(25)10-20-18-14-6-3-7-15(14)22-17(23-18)13-5-4-8-19-9-13/h4-5,8-9,11-12H,3,6-7,10H2,1-2H3,(H,20,22,23). The van der Waals surface area contributed by atoms with E-state index in [-0.39, 0.29) is 0 Å². The molecule has 0 saturated heterocycles. The van der Waals surface area contributed by atoms with Crippen LogP contribution in [-0.4, -0.2) is 29.7 Å². The molecule has 3 aromatic heterocycles. The molecule has 0 spiro atoms. The Morgan fingerprint density at radius 3 is 2.96 bits per heavy atom. The fourth-order valence-electron chi connectivity index (χ4n) is 3.19. The van der Waals surface area contributed by atoms with Crippen LogP contribution in [0, 0.1) is 0 Å². The zero-order chi connectivity index (χ0) is 17.2. The molecule has 1 aliphatic rings. The van der Waals surface area contributed by atoms with Crippen molar-refractivity contribution in [2.24, 2.45) is 0 Å². The highest BCUT2D eigenvalue weighted by atomic mass is 15.3. The zero-order valence-corrected chi connectivity index (χ0v) is 14.5. The molecule has 0 fully saturated rings. The summed E-state index contributed by atoms with van der Waals surface area (Å²) in [6, 6.07) is 4.22. The molecule has 128 valence electrons. The Bertz CT molecular complexity index is 870. The maximum Gasteiger partial charge on any atom is 0.163 e. The van der Waals surface area contributed by atoms with Crippen LogP contribution in [0.3, 0.4) is 0 Å². The summed E-state index contributed by atoms with van der Waals surface area (Å²) in [5, 5.41) is 11.7. The Morgan fingerprint density at radius 1 is 1.24 bits per heavy atom. The molecule has 0 amide bonds. The van der Waals surface area contributed by atoms with E-state index in [1.165, 1.54) is 5.56 Å². The SMILES string of the molecule is CC(C)n1cnnc1CNc1nc(-c2cccnc2)nc2c1CCC2. The first-order valence-corrected chi connectivity index (χ1v) is 8.65. The van der Waals surface area contributed by atoms with E-state index in [0.717, 1.165) is 48.0 Å². The third kappa shape index (κ3) is 3.09. The molecule has 0 radical (unpaired) electrons. The van der Waals surface area contributed by atoms with Crippen LogP contribution < -0.4 is 5.32 Å². The minimum absolute atomic E-state index is 0.328. The lowest BCUT2D eigenvalue weighted by atomic mass is 10.2. The smallest absolute Gasteiger partial charge is 0.163 e. The normalized spacial score (nSPS) is 13.2. The van der Waals surface area contributed by atoms with E-state index in [2.05, 4.69) is 38.9 Å². The third-order valence-electron chi connectivity index (χ3n) is 4.47. The van der Waals surface area contributed by atoms with Gasteiger partial charge >= 0.3 is 0 Å². The molecule has 1 N–H and O–H groups in total. The fraction of sp³-hybridized carbons (Fsp3) is 0.389. The van der Waals surface area contributed by atoms with Crippen molar-refractivity contribution in [1.82, 2.24) is 29.7 Å². The van der Waals surface area contributed by atoms with Crippen molar-refractivity contribution in [3.05, 3.63) is 47.9 Å². The Labute approximate surface area is 146 Å². The predicted molar refractivity (Wildman–Crippen MR) is 95.0 cm³/mol. The number of hydrogen-bond donors (Lipinski definition) is 1. The second-order valence-electron chi connectivity index (χ2n) is 6.52. The maximum atomic E-state index is 4.77. The summed E-state index contributed by atoms with van der Waals surface area (Å²) in [5.41, 5.74) is 3.30. The molecule has 7 heteroatoms. The van der Waals surface area contributed by atoms with Crippen LogP contribution in [0.15, 0.2) is 30.9 Å². The van der Waals surface area contributed by atoms with Gasteiger partial charge in [0.05, 0.1) is 6.54 Å². The summed E-state index contributed by atoms with van der Waals surface area (Å²) >= 11 is 0. The number of anilines is 1. The van der Waals surface area contributed by atoms with Crippen LogP contribution in [0.1, 0.15) is 43.4 Å². The fourth-order valence-corrected chi connectivity index (χ4v) is 3.19. The molecule has 4 rings (SSSR count). The third-order valence-corrected chi connectivity index (χ3v) is 4.47. The first-order valence-electron chi connectivity index (χ1n) is 8.65. The van der Waals surface area contributed by atoms with Crippen molar-refractivity contribution in [2.45, 2.75) is 45.7 Å². The van der Waals surface area contributed by atoms with E-state index in [4.69, 9.17) is 9.97 Å². The van der Waals surface area contributed by atoms with Crippen LogP contribution in [0.2, 0.25) is 0 Å². The van der Waals surface area contributed by atoms with E-state index in [1.807, 2.05) is 12.1 Å². The summed E-state index contributed by atoms with van der Waals surface area (Å²) in [4.78, 5) is 13.7. The highest BCUT2D eigenvalue weighted by Crippen LogP contribution is 2.29. The van der Waals surface area contributed by atoms with Crippen molar-refractivity contribution in [2.75, 3.05) is 5.32 Å². The van der Waals surface area contributed by atoms with Gasteiger partial charge in [-0.1, -0.05) is 0 Å². The van der Waals surface area contributed by atoms with Gasteiger partial charge in [0.15, 0.2) is 11.6 Å². The predicted octanol–water partition coefficient (Wildman–Crippen LogP) is 2.81. The van der Waals surface area contributed by atoms with E-state index in [9.17, 15) is 0 Å². The second kappa shape index (κ2) is 6.58. The number of aryl methyl sites for hydroxylation is 1. The summed E-state index contributed by atoms with van der Waals surface area (Å²) in [5.74, 6) is 2.53. The average Bonchev–Trinajstić information content (AvgIpc) is 3.29. The zero-order valence-electron chi connectivity index (χ0n) is 14.5. The molecule has 0 aromatic carbocycles. The molecule has 7 nitrogen and oxygen atoms in total. The lowest BCUT2D eigenvalue weighted by molar-refractivity contribution is 0.572. The van der Waals surface area contributed by atoms with Crippen molar-refractivity contribution in [3.63, 3.8) is 0 Å². The van der Waals surface area contributed by atoms with Crippen LogP contribution in [0.25, 0.3) is 11.4 Å². The van der Waals surface area contributed by atoms with E-state index < -0.39 is 0 Å².